The molecule has 0 aromatic heterocycles. The van der Waals surface area contributed by atoms with E-state index in [-0.39, 0.29) is 6.10 Å². The Labute approximate surface area is 105 Å². The van der Waals surface area contributed by atoms with Crippen LogP contribution in [0.5, 0.6) is 0 Å². The molecule has 1 fully saturated rings. The minimum Gasteiger partial charge on any atom is -0.390 e. The molecule has 3 unspecified atom stereocenters. The average Bonchev–Trinajstić information content (AvgIpc) is 2.31. The molecule has 1 heterocycles. The molecule has 0 saturated carbocycles. The van der Waals surface area contributed by atoms with Crippen molar-refractivity contribution in [2.75, 3.05) is 39.9 Å². The van der Waals surface area contributed by atoms with Gasteiger partial charge in [-0.1, -0.05) is 6.92 Å². The minimum atomic E-state index is -0.278. The molecule has 3 atom stereocenters. The zero-order valence-electron chi connectivity index (χ0n) is 11.5. The largest absolute Gasteiger partial charge is 0.390 e. The molecule has 0 bridgehead atoms. The number of ether oxygens (including phenoxy) is 1. The molecule has 4 nitrogen and oxygen atoms in total. The third-order valence-corrected chi connectivity index (χ3v) is 3.81. The highest BCUT2D eigenvalue weighted by atomic mass is 16.5. The highest BCUT2D eigenvalue weighted by Crippen LogP contribution is 2.22. The van der Waals surface area contributed by atoms with Gasteiger partial charge in [-0.2, -0.15) is 0 Å². The van der Waals surface area contributed by atoms with Crippen LogP contribution in [0.3, 0.4) is 0 Å². The van der Waals surface area contributed by atoms with Crippen LogP contribution in [0.25, 0.3) is 0 Å². The van der Waals surface area contributed by atoms with Crippen molar-refractivity contribution in [3.8, 4) is 0 Å². The van der Waals surface area contributed by atoms with Crippen molar-refractivity contribution < 1.29 is 9.84 Å². The molecule has 17 heavy (non-hydrogen) atoms. The Morgan fingerprint density at radius 2 is 2.24 bits per heavy atom. The summed E-state index contributed by atoms with van der Waals surface area (Å²) >= 11 is 0. The van der Waals surface area contributed by atoms with E-state index in [0.29, 0.717) is 19.2 Å². The van der Waals surface area contributed by atoms with E-state index in [1.807, 2.05) is 0 Å². The zero-order valence-corrected chi connectivity index (χ0v) is 11.5. The predicted octanol–water partition coefficient (Wildman–Crippen LogP) is 0.704. The van der Waals surface area contributed by atoms with Crippen molar-refractivity contribution >= 4 is 0 Å². The van der Waals surface area contributed by atoms with E-state index in [0.717, 1.165) is 25.6 Å². The fourth-order valence-corrected chi connectivity index (χ4v) is 2.46. The first-order valence-electron chi connectivity index (χ1n) is 6.77. The van der Waals surface area contributed by atoms with E-state index in [1.54, 1.807) is 7.11 Å². The first-order chi connectivity index (χ1) is 8.15. The van der Waals surface area contributed by atoms with E-state index >= 15 is 0 Å². The number of likely N-dealkylation sites (tertiary alicyclic amines) is 1. The molecule has 1 aliphatic heterocycles. The number of β-amino-alcohol motifs (C(OH)–C–C–N with tert-alkyl or cyclic N) is 1. The molecular weight excluding hydrogens is 216 g/mol. The third kappa shape index (κ3) is 5.34. The smallest absolute Gasteiger partial charge is 0.0791 e. The highest BCUT2D eigenvalue weighted by molar-refractivity contribution is 4.80. The first kappa shape index (κ1) is 14.9. The van der Waals surface area contributed by atoms with Crippen molar-refractivity contribution in [1.82, 2.24) is 10.2 Å². The molecule has 0 aliphatic carbocycles. The molecule has 0 spiro atoms. The van der Waals surface area contributed by atoms with Gasteiger partial charge in [-0.05, 0) is 32.2 Å². The quantitative estimate of drug-likeness (QED) is 0.647. The SMILES string of the molecule is COCCNCC(O)CN1CCCC(C)C1C. The van der Waals surface area contributed by atoms with Gasteiger partial charge in [-0.25, -0.2) is 0 Å². The van der Waals surface area contributed by atoms with Crippen molar-refractivity contribution in [3.05, 3.63) is 0 Å². The van der Waals surface area contributed by atoms with Gasteiger partial charge < -0.3 is 15.2 Å². The molecular formula is C13H28N2O2. The second kappa shape index (κ2) is 8.03. The highest BCUT2D eigenvalue weighted by Gasteiger charge is 2.25. The Morgan fingerprint density at radius 1 is 1.47 bits per heavy atom. The Morgan fingerprint density at radius 3 is 2.94 bits per heavy atom. The van der Waals surface area contributed by atoms with Crippen molar-refractivity contribution in [1.29, 1.82) is 0 Å². The third-order valence-electron chi connectivity index (χ3n) is 3.81. The number of hydrogen-bond acceptors (Lipinski definition) is 4. The fourth-order valence-electron chi connectivity index (χ4n) is 2.46. The van der Waals surface area contributed by atoms with Crippen LogP contribution < -0.4 is 5.32 Å². The zero-order chi connectivity index (χ0) is 12.7. The predicted molar refractivity (Wildman–Crippen MR) is 70.2 cm³/mol. The number of piperidine rings is 1. The summed E-state index contributed by atoms with van der Waals surface area (Å²) in [5, 5.41) is 13.2. The molecule has 1 saturated heterocycles. The molecule has 1 aliphatic rings. The van der Waals surface area contributed by atoms with Gasteiger partial charge in [0.2, 0.25) is 0 Å². The number of aliphatic hydroxyl groups is 1. The molecule has 0 amide bonds. The number of nitrogens with zero attached hydrogens (tertiary/aromatic N) is 1. The second-order valence-corrected chi connectivity index (χ2v) is 5.21. The summed E-state index contributed by atoms with van der Waals surface area (Å²) in [4.78, 5) is 2.41. The first-order valence-corrected chi connectivity index (χ1v) is 6.77. The number of hydrogen-bond donors (Lipinski definition) is 2. The van der Waals surface area contributed by atoms with Gasteiger partial charge in [0.15, 0.2) is 0 Å². The van der Waals surface area contributed by atoms with Crippen LogP contribution in [0.1, 0.15) is 26.7 Å². The van der Waals surface area contributed by atoms with Gasteiger partial charge in [0.1, 0.15) is 0 Å². The van der Waals surface area contributed by atoms with Crippen LogP contribution >= 0.6 is 0 Å². The number of nitrogens with one attached hydrogen (secondary N) is 1. The van der Waals surface area contributed by atoms with Gasteiger partial charge in [0.05, 0.1) is 12.7 Å². The minimum absolute atomic E-state index is 0.278. The topological polar surface area (TPSA) is 44.7 Å². The van der Waals surface area contributed by atoms with Gasteiger partial charge in [0, 0.05) is 32.8 Å². The molecule has 0 aromatic rings. The molecule has 1 rings (SSSR count). The lowest BCUT2D eigenvalue weighted by atomic mass is 9.92. The van der Waals surface area contributed by atoms with E-state index < -0.39 is 0 Å². The van der Waals surface area contributed by atoms with E-state index in [9.17, 15) is 5.11 Å². The Bertz CT molecular complexity index is 202. The lowest BCUT2D eigenvalue weighted by molar-refractivity contribution is 0.0510. The van der Waals surface area contributed by atoms with Crippen LogP contribution in [-0.2, 0) is 4.74 Å². The van der Waals surface area contributed by atoms with Crippen LogP contribution in [0.15, 0.2) is 0 Å². The molecule has 0 radical (unpaired) electrons. The fraction of sp³-hybridized carbons (Fsp3) is 1.00. The Kier molecular flexibility index (Phi) is 7.04. The summed E-state index contributed by atoms with van der Waals surface area (Å²) in [5.41, 5.74) is 0. The van der Waals surface area contributed by atoms with Gasteiger partial charge in [-0.15, -0.1) is 0 Å². The van der Waals surface area contributed by atoms with Crippen LogP contribution in [-0.4, -0.2) is 62.0 Å². The summed E-state index contributed by atoms with van der Waals surface area (Å²) < 4.78 is 4.95. The standard InChI is InChI=1S/C13H28N2O2/c1-11-5-4-7-15(12(11)2)10-13(16)9-14-6-8-17-3/h11-14,16H,4-10H2,1-3H3. The Hall–Kier alpha value is -0.160. The summed E-state index contributed by atoms with van der Waals surface area (Å²) in [6, 6.07) is 0.595. The van der Waals surface area contributed by atoms with E-state index in [4.69, 9.17) is 4.74 Å². The van der Waals surface area contributed by atoms with Crippen LogP contribution in [0.4, 0.5) is 0 Å². The van der Waals surface area contributed by atoms with Gasteiger partial charge in [-0.3, -0.25) is 4.90 Å². The lowest BCUT2D eigenvalue weighted by Crippen LogP contribution is -2.47. The molecule has 102 valence electrons. The number of aliphatic hydroxyl groups excluding tert-OH is 1. The van der Waals surface area contributed by atoms with E-state index in [1.165, 1.54) is 12.8 Å². The maximum absolute atomic E-state index is 9.96. The maximum Gasteiger partial charge on any atom is 0.0791 e. The summed E-state index contributed by atoms with van der Waals surface area (Å²) in [5.74, 6) is 0.748. The number of methoxy groups -OCH3 is 1. The second-order valence-electron chi connectivity index (χ2n) is 5.21. The normalized spacial score (nSPS) is 28.2. The lowest BCUT2D eigenvalue weighted by Gasteiger charge is -2.38. The summed E-state index contributed by atoms with van der Waals surface area (Å²) in [6.45, 7) is 8.64. The monoisotopic (exact) mass is 244 g/mol. The molecule has 2 N–H and O–H groups in total. The molecule has 0 aromatic carbocycles. The van der Waals surface area contributed by atoms with Crippen molar-refractivity contribution in [2.24, 2.45) is 5.92 Å². The molecule has 4 heteroatoms. The van der Waals surface area contributed by atoms with Gasteiger partial charge in [0.25, 0.3) is 0 Å². The van der Waals surface area contributed by atoms with Crippen molar-refractivity contribution in [2.45, 2.75) is 38.8 Å². The van der Waals surface area contributed by atoms with Crippen LogP contribution in [0, 0.1) is 5.92 Å². The van der Waals surface area contributed by atoms with E-state index in [2.05, 4.69) is 24.1 Å². The number of rotatable bonds is 7. The summed E-state index contributed by atoms with van der Waals surface area (Å²) in [6.07, 6.45) is 2.30. The Balaban J connectivity index is 2.18. The summed E-state index contributed by atoms with van der Waals surface area (Å²) in [7, 11) is 1.69. The van der Waals surface area contributed by atoms with Gasteiger partial charge >= 0.3 is 0 Å². The maximum atomic E-state index is 9.96. The van der Waals surface area contributed by atoms with Crippen LogP contribution in [0.2, 0.25) is 0 Å². The average molecular weight is 244 g/mol. The van der Waals surface area contributed by atoms with Crippen molar-refractivity contribution in [3.63, 3.8) is 0 Å².